The van der Waals surface area contributed by atoms with E-state index in [1.54, 1.807) is 6.20 Å². The highest BCUT2D eigenvalue weighted by Crippen LogP contribution is 2.32. The van der Waals surface area contributed by atoms with Crippen LogP contribution in [0.2, 0.25) is 5.02 Å². The molecule has 0 spiro atoms. The zero-order valence-corrected chi connectivity index (χ0v) is 10.1. The highest BCUT2D eigenvalue weighted by Gasteiger charge is 2.10. The van der Waals surface area contributed by atoms with Gasteiger partial charge in [-0.25, -0.2) is 14.8 Å². The van der Waals surface area contributed by atoms with Gasteiger partial charge in [0.1, 0.15) is 5.03 Å². The first-order valence-electron chi connectivity index (χ1n) is 4.13. The van der Waals surface area contributed by atoms with Crippen LogP contribution in [0.1, 0.15) is 10.4 Å². The van der Waals surface area contributed by atoms with Crippen LogP contribution in [0.3, 0.4) is 0 Å². The number of aromatic carboxylic acids is 1. The highest BCUT2D eigenvalue weighted by molar-refractivity contribution is 8.01. The summed E-state index contributed by atoms with van der Waals surface area (Å²) in [5.41, 5.74) is 0.0773. The van der Waals surface area contributed by atoms with Gasteiger partial charge in [-0.2, -0.15) is 0 Å². The van der Waals surface area contributed by atoms with Crippen LogP contribution in [0.4, 0.5) is 0 Å². The second kappa shape index (κ2) is 4.82. The lowest BCUT2D eigenvalue weighted by atomic mass is 10.3. The number of thiazole rings is 1. The van der Waals surface area contributed by atoms with E-state index in [9.17, 15) is 4.79 Å². The number of carboxylic acids is 1. The fourth-order valence-electron chi connectivity index (χ4n) is 0.961. The van der Waals surface area contributed by atoms with Crippen LogP contribution in [-0.4, -0.2) is 21.0 Å². The van der Waals surface area contributed by atoms with E-state index in [1.807, 2.05) is 5.38 Å². The molecular weight excluding hydrogens is 268 g/mol. The summed E-state index contributed by atoms with van der Waals surface area (Å²) < 4.78 is 0.817. The van der Waals surface area contributed by atoms with Crippen LogP contribution in [0.15, 0.2) is 33.2 Å². The van der Waals surface area contributed by atoms with Gasteiger partial charge < -0.3 is 5.11 Å². The average Bonchev–Trinajstić information content (AvgIpc) is 2.73. The monoisotopic (exact) mass is 272 g/mol. The van der Waals surface area contributed by atoms with Crippen LogP contribution in [0, 0.1) is 0 Å². The summed E-state index contributed by atoms with van der Waals surface area (Å²) in [5, 5.41) is 11.5. The van der Waals surface area contributed by atoms with Crippen molar-refractivity contribution >= 4 is 40.7 Å². The Morgan fingerprint density at radius 1 is 1.50 bits per heavy atom. The minimum Gasteiger partial charge on any atom is -0.478 e. The molecule has 0 amide bonds. The summed E-state index contributed by atoms with van der Waals surface area (Å²) >= 11 is 8.71. The molecule has 4 nitrogen and oxygen atoms in total. The van der Waals surface area contributed by atoms with E-state index in [0.29, 0.717) is 10.0 Å². The molecule has 2 rings (SSSR count). The van der Waals surface area contributed by atoms with Crippen LogP contribution < -0.4 is 0 Å². The molecule has 0 aliphatic heterocycles. The molecule has 0 saturated heterocycles. The summed E-state index contributed by atoms with van der Waals surface area (Å²) in [6.07, 6.45) is 2.97. The lowest BCUT2D eigenvalue weighted by Crippen LogP contribution is -1.97. The van der Waals surface area contributed by atoms with Gasteiger partial charge in [0, 0.05) is 17.8 Å². The molecule has 2 aromatic heterocycles. The zero-order chi connectivity index (χ0) is 11.5. The number of nitrogens with zero attached hydrogens (tertiary/aromatic N) is 2. The van der Waals surface area contributed by atoms with Crippen LogP contribution >= 0.6 is 34.7 Å². The molecule has 16 heavy (non-hydrogen) atoms. The van der Waals surface area contributed by atoms with E-state index in [4.69, 9.17) is 16.7 Å². The number of rotatable bonds is 3. The van der Waals surface area contributed by atoms with Gasteiger partial charge in [-0.05, 0) is 17.8 Å². The van der Waals surface area contributed by atoms with Crippen LogP contribution in [0.5, 0.6) is 0 Å². The largest absolute Gasteiger partial charge is 0.478 e. The Morgan fingerprint density at radius 2 is 2.31 bits per heavy atom. The first-order valence-corrected chi connectivity index (χ1v) is 6.20. The third-order valence-corrected chi connectivity index (χ3v) is 3.95. The molecule has 2 heterocycles. The minimum absolute atomic E-state index is 0.0773. The number of hydrogen-bond acceptors (Lipinski definition) is 5. The molecular formula is C9H5ClN2O2S2. The SMILES string of the molecule is O=C(O)c1cnc(Sc2nccs2)c(Cl)c1. The molecule has 0 aliphatic rings. The van der Waals surface area contributed by atoms with Crippen molar-refractivity contribution in [3.05, 3.63) is 34.4 Å². The van der Waals surface area contributed by atoms with Crippen molar-refractivity contribution in [2.75, 3.05) is 0 Å². The fraction of sp³-hybridized carbons (Fsp3) is 0. The number of halogens is 1. The molecule has 7 heteroatoms. The minimum atomic E-state index is -1.04. The molecule has 0 atom stereocenters. The second-order valence-electron chi connectivity index (χ2n) is 2.72. The van der Waals surface area contributed by atoms with Crippen molar-refractivity contribution in [1.29, 1.82) is 0 Å². The smallest absolute Gasteiger partial charge is 0.337 e. The lowest BCUT2D eigenvalue weighted by molar-refractivity contribution is 0.0696. The van der Waals surface area contributed by atoms with E-state index in [-0.39, 0.29) is 5.56 Å². The van der Waals surface area contributed by atoms with Gasteiger partial charge in [0.15, 0.2) is 4.34 Å². The first-order chi connectivity index (χ1) is 7.66. The molecule has 0 fully saturated rings. The van der Waals surface area contributed by atoms with Gasteiger partial charge in [-0.3, -0.25) is 0 Å². The second-order valence-corrected chi connectivity index (χ2v) is 5.25. The Hall–Kier alpha value is -1.11. The molecule has 0 radical (unpaired) electrons. The molecule has 2 aromatic rings. The maximum absolute atomic E-state index is 10.7. The van der Waals surface area contributed by atoms with Gasteiger partial charge in [0.2, 0.25) is 0 Å². The van der Waals surface area contributed by atoms with Gasteiger partial charge in [-0.15, -0.1) is 11.3 Å². The van der Waals surface area contributed by atoms with Gasteiger partial charge >= 0.3 is 5.97 Å². The number of carboxylic acid groups (broad SMARTS) is 1. The van der Waals surface area contributed by atoms with E-state index in [0.717, 1.165) is 4.34 Å². The fourth-order valence-corrected chi connectivity index (χ4v) is 2.74. The molecule has 1 N–H and O–H groups in total. The molecule has 0 saturated carbocycles. The number of carbonyl (C=O) groups is 1. The molecule has 0 unspecified atom stereocenters. The Balaban J connectivity index is 2.26. The molecule has 82 valence electrons. The maximum atomic E-state index is 10.7. The Labute approximate surface area is 104 Å². The van der Waals surface area contributed by atoms with Gasteiger partial charge in [0.05, 0.1) is 10.6 Å². The predicted octanol–water partition coefficient (Wildman–Crippen LogP) is 3.04. The Bertz CT molecular complexity index is 516. The third-order valence-electron chi connectivity index (χ3n) is 1.65. The number of hydrogen-bond donors (Lipinski definition) is 1. The van der Waals surface area contributed by atoms with Crippen molar-refractivity contribution in [2.45, 2.75) is 9.37 Å². The highest BCUT2D eigenvalue weighted by atomic mass is 35.5. The van der Waals surface area contributed by atoms with Crippen LogP contribution in [-0.2, 0) is 0 Å². The Kier molecular flexibility index (Phi) is 3.42. The quantitative estimate of drug-likeness (QED) is 0.930. The standard InChI is InChI=1S/C9H5ClN2O2S2/c10-6-3-5(8(13)14)4-12-7(6)16-9-11-1-2-15-9/h1-4H,(H,13,14). The summed E-state index contributed by atoms with van der Waals surface area (Å²) in [7, 11) is 0. The lowest BCUT2D eigenvalue weighted by Gasteiger charge is -2.01. The third kappa shape index (κ3) is 2.52. The normalized spacial score (nSPS) is 10.3. The van der Waals surface area contributed by atoms with Crippen LogP contribution in [0.25, 0.3) is 0 Å². The molecule has 0 aliphatic carbocycles. The molecule has 0 bridgehead atoms. The van der Waals surface area contributed by atoms with Crippen molar-refractivity contribution in [2.24, 2.45) is 0 Å². The first kappa shape index (κ1) is 11.4. The average molecular weight is 273 g/mol. The van der Waals surface area contributed by atoms with Crippen molar-refractivity contribution in [3.8, 4) is 0 Å². The Morgan fingerprint density at radius 3 is 2.88 bits per heavy atom. The summed E-state index contributed by atoms with van der Waals surface area (Å²) in [4.78, 5) is 18.7. The van der Waals surface area contributed by atoms with Crippen molar-refractivity contribution in [1.82, 2.24) is 9.97 Å². The number of pyridine rings is 1. The zero-order valence-electron chi connectivity index (χ0n) is 7.75. The van der Waals surface area contributed by atoms with Gasteiger partial charge in [0.25, 0.3) is 0 Å². The molecule has 0 aromatic carbocycles. The van der Waals surface area contributed by atoms with E-state index >= 15 is 0 Å². The predicted molar refractivity (Wildman–Crippen MR) is 62.4 cm³/mol. The van der Waals surface area contributed by atoms with E-state index < -0.39 is 5.97 Å². The summed E-state index contributed by atoms with van der Waals surface area (Å²) in [6, 6.07) is 1.38. The summed E-state index contributed by atoms with van der Waals surface area (Å²) in [6.45, 7) is 0. The van der Waals surface area contributed by atoms with E-state index in [1.165, 1.54) is 35.4 Å². The van der Waals surface area contributed by atoms with Crippen molar-refractivity contribution < 1.29 is 9.90 Å². The van der Waals surface area contributed by atoms with Crippen molar-refractivity contribution in [3.63, 3.8) is 0 Å². The van der Waals surface area contributed by atoms with Gasteiger partial charge in [-0.1, -0.05) is 11.6 Å². The number of aromatic nitrogens is 2. The maximum Gasteiger partial charge on any atom is 0.337 e. The summed E-state index contributed by atoms with van der Waals surface area (Å²) in [5.74, 6) is -1.04. The topological polar surface area (TPSA) is 63.1 Å². The van der Waals surface area contributed by atoms with E-state index in [2.05, 4.69) is 9.97 Å².